The van der Waals surface area contributed by atoms with E-state index >= 15 is 0 Å². The summed E-state index contributed by atoms with van der Waals surface area (Å²) in [5, 5.41) is 0. The second kappa shape index (κ2) is 76.0. The fourth-order valence-electron chi connectivity index (χ4n) is 0.407. The van der Waals surface area contributed by atoms with Gasteiger partial charge in [0.15, 0.2) is 0 Å². The van der Waals surface area contributed by atoms with Crippen molar-refractivity contribution < 1.29 is 32.3 Å². The quantitative estimate of drug-likeness (QED) is 0.696. The average molecular weight is 368 g/mol. The molecule has 94 valence electrons. The Bertz CT molecular complexity index is 75.0. The van der Waals surface area contributed by atoms with Crippen LogP contribution in [0, 0.1) is 0 Å². The number of hydrogen-bond donors (Lipinski definition) is 0. The van der Waals surface area contributed by atoms with E-state index in [4.69, 9.17) is 14.4 Å². The van der Waals surface area contributed by atoms with Gasteiger partial charge in [0.1, 0.15) is 0 Å². The third-order valence-corrected chi connectivity index (χ3v) is 2.84. The van der Waals surface area contributed by atoms with Gasteiger partial charge in [0.2, 0.25) is 0 Å². The Labute approximate surface area is 122 Å². The van der Waals surface area contributed by atoms with Crippen molar-refractivity contribution in [1.82, 2.24) is 0 Å². The molecule has 0 bridgehead atoms. The van der Waals surface area contributed by atoms with E-state index in [1.54, 1.807) is 17.9 Å². The summed E-state index contributed by atoms with van der Waals surface area (Å²) in [4.78, 5) is 22.5. The van der Waals surface area contributed by atoms with Crippen LogP contribution in [0.4, 0.5) is 0 Å². The third-order valence-electron chi connectivity index (χ3n) is 0.780. The summed E-state index contributed by atoms with van der Waals surface area (Å²) in [6.45, 7) is 17.9. The zero-order valence-corrected chi connectivity index (χ0v) is 13.4. The van der Waals surface area contributed by atoms with E-state index in [9.17, 15) is 0 Å². The van der Waals surface area contributed by atoms with Crippen molar-refractivity contribution in [2.45, 2.75) is 13.8 Å². The van der Waals surface area contributed by atoms with Crippen LogP contribution in [0.1, 0.15) is 13.8 Å². The maximum absolute atomic E-state index is 7.50. The van der Waals surface area contributed by atoms with Crippen molar-refractivity contribution in [2.75, 3.05) is 23.0 Å². The van der Waals surface area contributed by atoms with Crippen molar-refractivity contribution in [3.8, 4) is 0 Å². The zero-order valence-electron chi connectivity index (χ0n) is 9.13. The number of thioether (sulfide) groups is 2. The van der Waals surface area contributed by atoms with Crippen LogP contribution in [0.25, 0.3) is 0 Å². The van der Waals surface area contributed by atoms with Gasteiger partial charge in [0.05, 0.1) is 0 Å². The minimum atomic E-state index is 1.27. The number of halogens is 1. The van der Waals surface area contributed by atoms with Gasteiger partial charge in [-0.3, -0.25) is 14.4 Å². The Morgan fingerprint density at radius 3 is 1.12 bits per heavy atom. The van der Waals surface area contributed by atoms with Gasteiger partial charge < -0.3 is 0 Å². The molecule has 0 amide bonds. The molecular weight excluding hydrogens is 354 g/mol. The van der Waals surface area contributed by atoms with Gasteiger partial charge in [0, 0.05) is 11.5 Å². The zero-order chi connectivity index (χ0) is 14.2. The molecule has 0 aromatic rings. The van der Waals surface area contributed by atoms with Gasteiger partial charge in [0.25, 0.3) is 20.4 Å². The molecule has 0 aromatic carbocycles. The van der Waals surface area contributed by atoms with Gasteiger partial charge in [-0.1, -0.05) is 13.8 Å². The van der Waals surface area contributed by atoms with Crippen molar-refractivity contribution in [2.24, 2.45) is 0 Å². The molecule has 0 atom stereocenters. The van der Waals surface area contributed by atoms with Crippen molar-refractivity contribution in [1.29, 1.82) is 0 Å². The van der Waals surface area contributed by atoms with E-state index in [0.29, 0.717) is 0 Å². The Morgan fingerprint density at radius 1 is 0.812 bits per heavy atom. The SMILES string of the molecule is CCSCCSCC.[C]=O.[C]=O.[C]=O.[Cl][Tc]. The fourth-order valence-corrected chi connectivity index (χ4v) is 1.93. The Morgan fingerprint density at radius 2 is 1.00 bits per heavy atom. The monoisotopic (exact) mass is 366 g/mol. The van der Waals surface area contributed by atoms with Gasteiger partial charge in [-0.25, -0.2) is 0 Å². The van der Waals surface area contributed by atoms with Gasteiger partial charge in [-0.15, -0.1) is 0 Å². The molecular formula is C9H14ClO3S2Tc. The third kappa shape index (κ3) is 85.5. The molecule has 3 nitrogen and oxygen atoms in total. The van der Waals surface area contributed by atoms with Gasteiger partial charge in [-0.2, -0.15) is 23.5 Å². The van der Waals surface area contributed by atoms with Crippen LogP contribution in [-0.4, -0.2) is 43.4 Å². The standard InChI is InChI=1S/C6H14S2.3CO.ClH.Tc/c1-3-7-5-6-8-4-2;3*1-2;;/h3-6H2,1-2H3;;;;1H;/q;;;;;+1/p-1. The van der Waals surface area contributed by atoms with Crippen LogP contribution in [0.15, 0.2) is 0 Å². The Kier molecular flexibility index (Phi) is 143. The summed E-state index contributed by atoms with van der Waals surface area (Å²) in [6.07, 6.45) is 0. The molecule has 0 fully saturated rings. The van der Waals surface area contributed by atoms with Gasteiger partial charge >= 0.3 is 27.5 Å². The van der Waals surface area contributed by atoms with Gasteiger partial charge in [-0.05, 0) is 11.5 Å². The molecule has 0 saturated carbocycles. The number of carbonyl (C=O) groups excluding carboxylic acids is 3. The second-order valence-electron chi connectivity index (χ2n) is 1.39. The predicted molar refractivity (Wildman–Crippen MR) is 68.9 cm³/mol. The molecule has 0 rings (SSSR count). The van der Waals surface area contributed by atoms with E-state index < -0.39 is 0 Å². The average Bonchev–Trinajstić information content (AvgIpc) is 2.44. The molecule has 7 heteroatoms. The summed E-state index contributed by atoms with van der Waals surface area (Å²) >= 11 is 5.68. The first-order valence-electron chi connectivity index (χ1n) is 3.82. The molecule has 0 aliphatic rings. The molecule has 0 saturated heterocycles. The first-order chi connectivity index (χ1) is 7.91. The van der Waals surface area contributed by atoms with Crippen LogP contribution < -0.4 is 0 Å². The molecule has 16 heavy (non-hydrogen) atoms. The Hall–Kier alpha value is 0.649. The molecule has 0 heterocycles. The molecule has 0 aliphatic carbocycles. The molecule has 0 aliphatic heterocycles. The number of hydrogen-bond acceptors (Lipinski definition) is 5. The van der Waals surface area contributed by atoms with Crippen molar-refractivity contribution in [3.05, 3.63) is 0 Å². The molecule has 0 spiro atoms. The van der Waals surface area contributed by atoms with Crippen molar-refractivity contribution >= 4 is 53.5 Å². The number of rotatable bonds is 5. The van der Waals surface area contributed by atoms with E-state index in [1.807, 2.05) is 23.5 Å². The summed E-state index contributed by atoms with van der Waals surface area (Å²) in [5.41, 5.74) is 0. The molecule has 0 N–H and O–H groups in total. The molecule has 0 unspecified atom stereocenters. The second-order valence-corrected chi connectivity index (χ2v) is 4.18. The summed E-state index contributed by atoms with van der Waals surface area (Å²) < 4.78 is 0. The van der Waals surface area contributed by atoms with Crippen LogP contribution >= 0.6 is 33.1 Å². The van der Waals surface area contributed by atoms with E-state index in [0.717, 1.165) is 0 Å². The fraction of sp³-hybridized carbons (Fsp3) is 0.667. The maximum atomic E-state index is 7.50. The predicted octanol–water partition coefficient (Wildman–Crippen LogP) is 1.99. The summed E-state index contributed by atoms with van der Waals surface area (Å²) in [6, 6.07) is 0. The first kappa shape index (κ1) is 30.0. The van der Waals surface area contributed by atoms with E-state index in [2.05, 4.69) is 43.8 Å². The topological polar surface area (TPSA) is 51.2 Å². The van der Waals surface area contributed by atoms with Crippen LogP contribution in [-0.2, 0) is 32.3 Å². The van der Waals surface area contributed by atoms with E-state index in [-0.39, 0.29) is 0 Å². The molecule has 6 radical (unpaired) electrons. The molecule has 0 aromatic heterocycles. The van der Waals surface area contributed by atoms with Crippen LogP contribution in [0.3, 0.4) is 0 Å². The first-order valence-corrected chi connectivity index (χ1v) is 8.53. The normalized spacial score (nSPS) is 6.00. The Balaban J connectivity index is -0.0000000426. The van der Waals surface area contributed by atoms with Crippen molar-refractivity contribution in [3.63, 3.8) is 0 Å². The summed E-state index contributed by atoms with van der Waals surface area (Å²) in [7, 11) is 4.61. The van der Waals surface area contributed by atoms with Crippen LogP contribution in [0.2, 0.25) is 0 Å². The van der Waals surface area contributed by atoms with E-state index in [1.165, 1.54) is 23.0 Å². The minimum absolute atomic E-state index is 1.27. The van der Waals surface area contributed by atoms with Crippen LogP contribution in [0.5, 0.6) is 0 Å². The summed E-state index contributed by atoms with van der Waals surface area (Å²) in [5.74, 6) is 5.19.